The number of ether oxygens (including phenoxy) is 1. The van der Waals surface area contributed by atoms with Crippen molar-refractivity contribution in [3.8, 4) is 5.75 Å². The number of hydrogen-bond donors (Lipinski definition) is 1. The second kappa shape index (κ2) is 8.21. The standard InChI is InChI=1S/C17H19Cl2NO3S/c1-12-8-13(2)10-14(9-12)23-7-6-20-24(21,22)11-15-16(18)4-3-5-17(15)19/h3-5,8-10,20H,6-7,11H2,1-2H3. The monoisotopic (exact) mass is 387 g/mol. The minimum Gasteiger partial charge on any atom is -0.492 e. The Hall–Kier alpha value is -1.27. The molecule has 130 valence electrons. The van der Waals surface area contributed by atoms with Crippen LogP contribution < -0.4 is 9.46 Å². The van der Waals surface area contributed by atoms with Crippen LogP contribution in [0.15, 0.2) is 36.4 Å². The van der Waals surface area contributed by atoms with Crippen LogP contribution >= 0.6 is 23.2 Å². The van der Waals surface area contributed by atoms with Crippen molar-refractivity contribution >= 4 is 33.2 Å². The first-order valence-corrected chi connectivity index (χ1v) is 9.79. The fourth-order valence-corrected chi connectivity index (χ4v) is 4.17. The highest BCUT2D eigenvalue weighted by Gasteiger charge is 2.16. The van der Waals surface area contributed by atoms with E-state index in [0.29, 0.717) is 15.6 Å². The summed E-state index contributed by atoms with van der Waals surface area (Å²) in [5, 5.41) is 0.665. The molecule has 0 amide bonds. The average molecular weight is 388 g/mol. The molecule has 7 heteroatoms. The lowest BCUT2D eigenvalue weighted by atomic mass is 10.1. The van der Waals surface area contributed by atoms with Gasteiger partial charge < -0.3 is 4.74 Å². The van der Waals surface area contributed by atoms with E-state index < -0.39 is 10.0 Å². The van der Waals surface area contributed by atoms with E-state index in [1.165, 1.54) is 0 Å². The van der Waals surface area contributed by atoms with E-state index in [-0.39, 0.29) is 18.9 Å². The van der Waals surface area contributed by atoms with E-state index >= 15 is 0 Å². The van der Waals surface area contributed by atoms with Crippen molar-refractivity contribution in [2.45, 2.75) is 19.6 Å². The normalized spacial score (nSPS) is 11.5. The van der Waals surface area contributed by atoms with Crippen molar-refractivity contribution in [2.24, 2.45) is 0 Å². The summed E-state index contributed by atoms with van der Waals surface area (Å²) in [4.78, 5) is 0. The molecule has 24 heavy (non-hydrogen) atoms. The number of halogens is 2. The van der Waals surface area contributed by atoms with Gasteiger partial charge in [0.1, 0.15) is 12.4 Å². The Kier molecular flexibility index (Phi) is 6.52. The first-order valence-electron chi connectivity index (χ1n) is 7.38. The Morgan fingerprint density at radius 2 is 1.62 bits per heavy atom. The van der Waals surface area contributed by atoms with Gasteiger partial charge in [0.15, 0.2) is 0 Å². The Balaban J connectivity index is 1.89. The summed E-state index contributed by atoms with van der Waals surface area (Å²) in [6.45, 7) is 4.36. The number of aryl methyl sites for hydroxylation is 2. The molecule has 0 aliphatic rings. The molecular formula is C17H19Cl2NO3S. The van der Waals surface area contributed by atoms with Gasteiger partial charge in [0.25, 0.3) is 0 Å². The summed E-state index contributed by atoms with van der Waals surface area (Å²) in [6.07, 6.45) is 0. The van der Waals surface area contributed by atoms with Crippen molar-refractivity contribution in [1.82, 2.24) is 4.72 Å². The molecular weight excluding hydrogens is 369 g/mol. The maximum Gasteiger partial charge on any atom is 0.216 e. The first kappa shape index (κ1) is 19.1. The Labute approximate surface area is 152 Å². The van der Waals surface area contributed by atoms with Crippen LogP contribution in [0.4, 0.5) is 0 Å². The lowest BCUT2D eigenvalue weighted by Gasteiger charge is -2.11. The van der Waals surface area contributed by atoms with Gasteiger partial charge in [0.05, 0.1) is 5.75 Å². The van der Waals surface area contributed by atoms with Gasteiger partial charge in [-0.2, -0.15) is 0 Å². The summed E-state index contributed by atoms with van der Waals surface area (Å²) in [6, 6.07) is 10.8. The number of sulfonamides is 1. The highest BCUT2D eigenvalue weighted by Crippen LogP contribution is 2.25. The smallest absolute Gasteiger partial charge is 0.216 e. The predicted octanol–water partition coefficient (Wildman–Crippen LogP) is 4.11. The molecule has 0 fully saturated rings. The predicted molar refractivity (Wildman–Crippen MR) is 98.5 cm³/mol. The van der Waals surface area contributed by atoms with Gasteiger partial charge in [0.2, 0.25) is 10.0 Å². The molecule has 2 rings (SSSR count). The highest BCUT2D eigenvalue weighted by atomic mass is 35.5. The minimum atomic E-state index is -3.55. The molecule has 0 aliphatic carbocycles. The van der Waals surface area contributed by atoms with Crippen LogP contribution in [-0.4, -0.2) is 21.6 Å². The van der Waals surface area contributed by atoms with Crippen LogP contribution in [0.3, 0.4) is 0 Å². The molecule has 2 aromatic rings. The van der Waals surface area contributed by atoms with E-state index in [9.17, 15) is 8.42 Å². The minimum absolute atomic E-state index is 0.164. The summed E-state index contributed by atoms with van der Waals surface area (Å²) >= 11 is 12.0. The molecule has 0 unspecified atom stereocenters. The van der Waals surface area contributed by atoms with Crippen LogP contribution in [0.5, 0.6) is 5.75 Å². The molecule has 0 saturated carbocycles. The van der Waals surface area contributed by atoms with Crippen LogP contribution in [0.1, 0.15) is 16.7 Å². The zero-order valence-electron chi connectivity index (χ0n) is 13.5. The molecule has 0 spiro atoms. The molecule has 0 saturated heterocycles. The summed E-state index contributed by atoms with van der Waals surface area (Å²) in [5.74, 6) is 0.454. The fourth-order valence-electron chi connectivity index (χ4n) is 2.29. The Morgan fingerprint density at radius 1 is 1.04 bits per heavy atom. The van der Waals surface area contributed by atoms with Gasteiger partial charge in [-0.1, -0.05) is 35.3 Å². The van der Waals surface area contributed by atoms with E-state index in [1.54, 1.807) is 18.2 Å². The van der Waals surface area contributed by atoms with Crippen LogP contribution in [0.25, 0.3) is 0 Å². The second-order valence-corrected chi connectivity index (χ2v) is 8.15. The van der Waals surface area contributed by atoms with E-state index in [1.807, 2.05) is 32.0 Å². The summed E-state index contributed by atoms with van der Waals surface area (Å²) < 4.78 is 32.4. The number of hydrogen-bond acceptors (Lipinski definition) is 3. The topological polar surface area (TPSA) is 55.4 Å². The van der Waals surface area contributed by atoms with Crippen LogP contribution in [-0.2, 0) is 15.8 Å². The molecule has 1 N–H and O–H groups in total. The average Bonchev–Trinajstić information content (AvgIpc) is 2.47. The van der Waals surface area contributed by atoms with Gasteiger partial charge in [-0.3, -0.25) is 0 Å². The van der Waals surface area contributed by atoms with Gasteiger partial charge in [-0.25, -0.2) is 13.1 Å². The third-order valence-electron chi connectivity index (χ3n) is 3.28. The summed E-state index contributed by atoms with van der Waals surface area (Å²) in [5.41, 5.74) is 2.58. The fraction of sp³-hybridized carbons (Fsp3) is 0.294. The second-order valence-electron chi connectivity index (χ2n) is 5.53. The van der Waals surface area contributed by atoms with Crippen molar-refractivity contribution in [3.63, 3.8) is 0 Å². The zero-order chi connectivity index (χ0) is 17.7. The zero-order valence-corrected chi connectivity index (χ0v) is 15.8. The van der Waals surface area contributed by atoms with E-state index in [4.69, 9.17) is 27.9 Å². The lowest BCUT2D eigenvalue weighted by molar-refractivity contribution is 0.322. The van der Waals surface area contributed by atoms with Crippen LogP contribution in [0.2, 0.25) is 10.0 Å². The maximum atomic E-state index is 12.1. The Morgan fingerprint density at radius 3 is 2.21 bits per heavy atom. The SMILES string of the molecule is Cc1cc(C)cc(OCCNS(=O)(=O)Cc2c(Cl)cccc2Cl)c1. The van der Waals surface area contributed by atoms with E-state index in [2.05, 4.69) is 4.72 Å². The number of nitrogens with one attached hydrogen (secondary N) is 1. The van der Waals surface area contributed by atoms with Crippen molar-refractivity contribution in [1.29, 1.82) is 0 Å². The van der Waals surface area contributed by atoms with Crippen molar-refractivity contribution < 1.29 is 13.2 Å². The molecule has 0 bridgehead atoms. The first-order chi connectivity index (χ1) is 11.3. The number of rotatable bonds is 7. The van der Waals surface area contributed by atoms with Crippen molar-refractivity contribution in [2.75, 3.05) is 13.2 Å². The van der Waals surface area contributed by atoms with E-state index in [0.717, 1.165) is 16.9 Å². The third kappa shape index (κ3) is 5.67. The lowest BCUT2D eigenvalue weighted by Crippen LogP contribution is -2.29. The molecule has 0 radical (unpaired) electrons. The molecule has 0 aromatic heterocycles. The maximum absolute atomic E-state index is 12.1. The molecule has 0 aliphatic heterocycles. The quantitative estimate of drug-likeness (QED) is 0.727. The molecule has 4 nitrogen and oxygen atoms in total. The van der Waals surface area contributed by atoms with Gasteiger partial charge >= 0.3 is 0 Å². The van der Waals surface area contributed by atoms with Gasteiger partial charge in [-0.05, 0) is 49.2 Å². The third-order valence-corrected chi connectivity index (χ3v) is 5.30. The Bertz CT molecular complexity index is 782. The number of benzene rings is 2. The molecule has 2 aromatic carbocycles. The largest absolute Gasteiger partial charge is 0.492 e. The highest BCUT2D eigenvalue weighted by molar-refractivity contribution is 7.88. The van der Waals surface area contributed by atoms with Gasteiger partial charge in [-0.15, -0.1) is 0 Å². The van der Waals surface area contributed by atoms with Gasteiger partial charge in [0, 0.05) is 22.2 Å². The summed E-state index contributed by atoms with van der Waals surface area (Å²) in [7, 11) is -3.55. The molecule has 0 heterocycles. The molecule has 0 atom stereocenters. The van der Waals surface area contributed by atoms with Crippen LogP contribution in [0, 0.1) is 13.8 Å². The van der Waals surface area contributed by atoms with Crippen molar-refractivity contribution in [3.05, 3.63) is 63.1 Å².